The predicted octanol–water partition coefficient (Wildman–Crippen LogP) is 3.92. The van der Waals surface area contributed by atoms with Gasteiger partial charge in [-0.3, -0.25) is 0 Å². The Morgan fingerprint density at radius 2 is 2.05 bits per heavy atom. The number of carbonyl (C=O) groups is 1. The standard InChI is InChI=1S/C14H12F3NO3/c1-8-2-3-10(5-12(8)14(15,16)17)18-6-11-4-9(7-21-11)13(19)20/h2-5,7,18H,6H2,1H3,(H,19,20). The molecule has 0 amide bonds. The topological polar surface area (TPSA) is 62.5 Å². The van der Waals surface area contributed by atoms with Crippen LogP contribution in [0, 0.1) is 6.92 Å². The van der Waals surface area contributed by atoms with Crippen LogP contribution in [-0.4, -0.2) is 11.1 Å². The van der Waals surface area contributed by atoms with Gasteiger partial charge in [0, 0.05) is 5.69 Å². The maximum atomic E-state index is 12.8. The van der Waals surface area contributed by atoms with Crippen molar-refractivity contribution in [1.29, 1.82) is 0 Å². The molecule has 0 atom stereocenters. The molecule has 1 aromatic carbocycles. The maximum Gasteiger partial charge on any atom is 0.416 e. The smallest absolute Gasteiger partial charge is 0.416 e. The predicted molar refractivity (Wildman–Crippen MR) is 69.2 cm³/mol. The first-order valence-corrected chi connectivity index (χ1v) is 6.00. The van der Waals surface area contributed by atoms with Crippen LogP contribution < -0.4 is 5.32 Å². The van der Waals surface area contributed by atoms with E-state index in [2.05, 4.69) is 5.32 Å². The zero-order valence-electron chi connectivity index (χ0n) is 11.0. The summed E-state index contributed by atoms with van der Waals surface area (Å²) >= 11 is 0. The van der Waals surface area contributed by atoms with E-state index in [9.17, 15) is 18.0 Å². The Bertz CT molecular complexity index is 662. The van der Waals surface area contributed by atoms with Crippen LogP contribution in [0.1, 0.15) is 27.2 Å². The van der Waals surface area contributed by atoms with Crippen molar-refractivity contribution in [3.05, 3.63) is 53.0 Å². The van der Waals surface area contributed by atoms with Gasteiger partial charge in [0.15, 0.2) is 0 Å². The Balaban J connectivity index is 2.11. The molecular weight excluding hydrogens is 287 g/mol. The number of aromatic carboxylic acids is 1. The minimum atomic E-state index is -4.41. The van der Waals surface area contributed by atoms with Crippen LogP contribution >= 0.6 is 0 Å². The summed E-state index contributed by atoms with van der Waals surface area (Å²) in [4.78, 5) is 10.7. The number of halogens is 3. The summed E-state index contributed by atoms with van der Waals surface area (Å²) in [6.07, 6.45) is -3.33. The summed E-state index contributed by atoms with van der Waals surface area (Å²) in [6, 6.07) is 5.21. The number of hydrogen-bond acceptors (Lipinski definition) is 3. The summed E-state index contributed by atoms with van der Waals surface area (Å²) in [5, 5.41) is 11.5. The number of carboxylic acids is 1. The molecule has 0 radical (unpaired) electrons. The van der Waals surface area contributed by atoms with Crippen molar-refractivity contribution in [2.75, 3.05) is 5.32 Å². The average Bonchev–Trinajstić information content (AvgIpc) is 2.85. The van der Waals surface area contributed by atoms with E-state index in [1.165, 1.54) is 25.1 Å². The fraction of sp³-hybridized carbons (Fsp3) is 0.214. The summed E-state index contributed by atoms with van der Waals surface area (Å²) in [5.74, 6) is -0.804. The molecule has 0 spiro atoms. The third-order valence-corrected chi connectivity index (χ3v) is 2.91. The number of carboxylic acid groups (broad SMARTS) is 1. The Morgan fingerprint density at radius 1 is 1.33 bits per heavy atom. The Hall–Kier alpha value is -2.44. The maximum absolute atomic E-state index is 12.8. The molecule has 112 valence electrons. The van der Waals surface area contributed by atoms with E-state index in [0.717, 1.165) is 12.3 Å². The molecule has 2 aromatic rings. The number of furan rings is 1. The van der Waals surface area contributed by atoms with E-state index < -0.39 is 17.7 Å². The number of aryl methyl sites for hydroxylation is 1. The van der Waals surface area contributed by atoms with Gasteiger partial charge in [-0.25, -0.2) is 4.79 Å². The fourth-order valence-corrected chi connectivity index (χ4v) is 1.81. The van der Waals surface area contributed by atoms with Crippen molar-refractivity contribution in [1.82, 2.24) is 0 Å². The number of alkyl halides is 3. The summed E-state index contributed by atoms with van der Waals surface area (Å²) in [6.45, 7) is 1.48. The van der Waals surface area contributed by atoms with Crippen molar-refractivity contribution in [3.8, 4) is 0 Å². The highest BCUT2D eigenvalue weighted by molar-refractivity contribution is 5.87. The number of benzene rings is 1. The summed E-state index contributed by atoms with van der Waals surface area (Å²) in [7, 11) is 0. The van der Waals surface area contributed by atoms with Crippen LogP contribution in [-0.2, 0) is 12.7 Å². The van der Waals surface area contributed by atoms with Crippen LogP contribution in [0.15, 0.2) is 34.9 Å². The van der Waals surface area contributed by atoms with Gasteiger partial charge in [0.25, 0.3) is 0 Å². The third kappa shape index (κ3) is 3.56. The molecule has 0 aliphatic heterocycles. The molecule has 21 heavy (non-hydrogen) atoms. The highest BCUT2D eigenvalue weighted by atomic mass is 19.4. The van der Waals surface area contributed by atoms with Gasteiger partial charge >= 0.3 is 12.1 Å². The lowest BCUT2D eigenvalue weighted by atomic mass is 10.1. The molecule has 1 heterocycles. The molecule has 7 heteroatoms. The average molecular weight is 299 g/mol. The highest BCUT2D eigenvalue weighted by Gasteiger charge is 2.32. The lowest BCUT2D eigenvalue weighted by Gasteiger charge is -2.12. The van der Waals surface area contributed by atoms with E-state index in [0.29, 0.717) is 5.76 Å². The van der Waals surface area contributed by atoms with Gasteiger partial charge in [-0.05, 0) is 30.7 Å². The minimum absolute atomic E-state index is 0.00770. The first kappa shape index (κ1) is 15.0. The molecule has 0 unspecified atom stereocenters. The lowest BCUT2D eigenvalue weighted by molar-refractivity contribution is -0.138. The zero-order chi connectivity index (χ0) is 15.6. The van der Waals surface area contributed by atoms with Crippen LogP contribution in [0.25, 0.3) is 0 Å². The number of anilines is 1. The van der Waals surface area contributed by atoms with E-state index in [1.807, 2.05) is 0 Å². The van der Waals surface area contributed by atoms with Crippen LogP contribution in [0.4, 0.5) is 18.9 Å². The van der Waals surface area contributed by atoms with Crippen LogP contribution in [0.5, 0.6) is 0 Å². The molecule has 2 N–H and O–H groups in total. The Labute approximate surface area is 118 Å². The molecule has 0 bridgehead atoms. The van der Waals surface area contributed by atoms with E-state index in [1.54, 1.807) is 0 Å². The molecule has 0 saturated carbocycles. The van der Waals surface area contributed by atoms with Crippen molar-refractivity contribution in [2.24, 2.45) is 0 Å². The molecule has 0 aliphatic carbocycles. The van der Waals surface area contributed by atoms with Gasteiger partial charge < -0.3 is 14.8 Å². The molecule has 0 aliphatic rings. The molecule has 2 rings (SSSR count). The zero-order valence-corrected chi connectivity index (χ0v) is 11.0. The van der Waals surface area contributed by atoms with E-state index in [-0.39, 0.29) is 23.4 Å². The minimum Gasteiger partial charge on any atom is -0.478 e. The second-order valence-corrected chi connectivity index (χ2v) is 4.49. The normalized spacial score (nSPS) is 11.4. The van der Waals surface area contributed by atoms with E-state index >= 15 is 0 Å². The Morgan fingerprint density at radius 3 is 2.62 bits per heavy atom. The quantitative estimate of drug-likeness (QED) is 0.898. The second-order valence-electron chi connectivity index (χ2n) is 4.49. The molecule has 0 fully saturated rings. The Kier molecular flexibility index (Phi) is 3.93. The second kappa shape index (κ2) is 5.51. The summed E-state index contributed by atoms with van der Waals surface area (Å²) in [5.41, 5.74) is -0.301. The van der Waals surface area contributed by atoms with Crippen LogP contribution in [0.3, 0.4) is 0 Å². The van der Waals surface area contributed by atoms with Gasteiger partial charge in [0.1, 0.15) is 12.0 Å². The number of nitrogens with one attached hydrogen (secondary N) is 1. The van der Waals surface area contributed by atoms with E-state index in [4.69, 9.17) is 9.52 Å². The van der Waals surface area contributed by atoms with Gasteiger partial charge in [0.05, 0.1) is 17.7 Å². The van der Waals surface area contributed by atoms with Crippen molar-refractivity contribution >= 4 is 11.7 Å². The number of hydrogen-bond donors (Lipinski definition) is 2. The molecule has 0 saturated heterocycles. The largest absolute Gasteiger partial charge is 0.478 e. The van der Waals surface area contributed by atoms with Crippen molar-refractivity contribution in [3.63, 3.8) is 0 Å². The van der Waals surface area contributed by atoms with Crippen molar-refractivity contribution in [2.45, 2.75) is 19.6 Å². The third-order valence-electron chi connectivity index (χ3n) is 2.91. The first-order valence-electron chi connectivity index (χ1n) is 6.00. The van der Waals surface area contributed by atoms with Crippen LogP contribution in [0.2, 0.25) is 0 Å². The first-order chi connectivity index (χ1) is 9.77. The van der Waals surface area contributed by atoms with Gasteiger partial charge in [-0.1, -0.05) is 6.07 Å². The van der Waals surface area contributed by atoms with Crippen molar-refractivity contribution < 1.29 is 27.5 Å². The fourth-order valence-electron chi connectivity index (χ4n) is 1.81. The molecule has 4 nitrogen and oxygen atoms in total. The number of rotatable bonds is 4. The van der Waals surface area contributed by atoms with Gasteiger partial charge in [-0.2, -0.15) is 13.2 Å². The highest BCUT2D eigenvalue weighted by Crippen LogP contribution is 2.33. The SMILES string of the molecule is Cc1ccc(NCc2cc(C(=O)O)co2)cc1C(F)(F)F. The lowest BCUT2D eigenvalue weighted by Crippen LogP contribution is -2.08. The van der Waals surface area contributed by atoms with Gasteiger partial charge in [0.2, 0.25) is 0 Å². The summed E-state index contributed by atoms with van der Waals surface area (Å²) < 4.78 is 43.3. The van der Waals surface area contributed by atoms with Gasteiger partial charge in [-0.15, -0.1) is 0 Å². The monoisotopic (exact) mass is 299 g/mol. The molecule has 1 aromatic heterocycles. The molecular formula is C14H12F3NO3.